The third-order valence-electron chi connectivity index (χ3n) is 6.33. The summed E-state index contributed by atoms with van der Waals surface area (Å²) < 4.78 is 5.63. The normalized spacial score (nSPS) is 23.3. The number of carbonyl (C=O) groups excluding carboxylic acids is 1. The van der Waals surface area contributed by atoms with Gasteiger partial charge in [-0.1, -0.05) is 55.0 Å². The van der Waals surface area contributed by atoms with E-state index >= 15 is 0 Å². The lowest BCUT2D eigenvalue weighted by molar-refractivity contribution is -0.140. The molecule has 0 aromatic heterocycles. The third kappa shape index (κ3) is 5.16. The molecule has 3 nitrogen and oxygen atoms in total. The summed E-state index contributed by atoms with van der Waals surface area (Å²) in [5, 5.41) is 2.46. The first-order chi connectivity index (χ1) is 14.2. The van der Waals surface area contributed by atoms with E-state index in [2.05, 4.69) is 47.4 Å². The van der Waals surface area contributed by atoms with Crippen LogP contribution in [-0.4, -0.2) is 36.6 Å². The quantitative estimate of drug-likeness (QED) is 0.378. The molecule has 0 N–H and O–H groups in total. The van der Waals surface area contributed by atoms with E-state index in [1.165, 1.54) is 56.0 Å². The van der Waals surface area contributed by atoms with Crippen molar-refractivity contribution < 1.29 is 9.53 Å². The van der Waals surface area contributed by atoms with Gasteiger partial charge in [0.15, 0.2) is 0 Å². The molecule has 2 aromatic carbocycles. The second-order valence-corrected chi connectivity index (χ2v) is 8.46. The Morgan fingerprint density at radius 3 is 2.79 bits per heavy atom. The van der Waals surface area contributed by atoms with E-state index in [9.17, 15) is 4.79 Å². The fourth-order valence-electron chi connectivity index (χ4n) is 4.78. The minimum Gasteiger partial charge on any atom is -0.462 e. The van der Waals surface area contributed by atoms with Crippen LogP contribution in [0.25, 0.3) is 16.8 Å². The van der Waals surface area contributed by atoms with E-state index in [-0.39, 0.29) is 5.97 Å². The SMILES string of the molecule is CC(=CC(=O)OC[C@@H]1CCCN2CCCC[C@H]12)/C=C/c1ccc2ccccc2c1. The van der Waals surface area contributed by atoms with E-state index in [1.54, 1.807) is 6.08 Å². The van der Waals surface area contributed by atoms with Crippen molar-refractivity contribution in [1.82, 2.24) is 4.90 Å². The van der Waals surface area contributed by atoms with Crippen molar-refractivity contribution in [3.05, 3.63) is 65.8 Å². The molecule has 2 aliphatic heterocycles. The number of carbonyl (C=O) groups is 1. The molecule has 2 heterocycles. The monoisotopic (exact) mass is 389 g/mol. The summed E-state index contributed by atoms with van der Waals surface area (Å²) in [6.45, 7) is 4.93. The lowest BCUT2D eigenvalue weighted by atomic mass is 9.84. The Kier molecular flexibility index (Phi) is 6.46. The molecule has 2 atom stereocenters. The second-order valence-electron chi connectivity index (χ2n) is 8.46. The Morgan fingerprint density at radius 2 is 1.90 bits per heavy atom. The standard InChI is InChI=1S/C26H31NO2/c1-20(11-12-21-13-14-22-7-2-3-8-23(22)18-21)17-26(28)29-19-24-9-6-16-27-15-5-4-10-25(24)27/h2-3,7-8,11-14,17-18,24-25H,4-6,9-10,15-16,19H2,1H3/b12-11+,20-17?/t24-,25+/m0/s1. The molecule has 2 aliphatic rings. The maximum atomic E-state index is 12.3. The highest BCUT2D eigenvalue weighted by molar-refractivity contribution is 5.85. The molecule has 152 valence electrons. The second kappa shape index (κ2) is 9.41. The number of piperidine rings is 2. The van der Waals surface area contributed by atoms with Gasteiger partial charge in [0.05, 0.1) is 6.61 Å². The van der Waals surface area contributed by atoms with Gasteiger partial charge in [-0.2, -0.15) is 0 Å². The number of rotatable bonds is 5. The van der Waals surface area contributed by atoms with Crippen LogP contribution in [0.15, 0.2) is 60.2 Å². The van der Waals surface area contributed by atoms with Crippen LogP contribution >= 0.6 is 0 Å². The highest BCUT2D eigenvalue weighted by atomic mass is 16.5. The van der Waals surface area contributed by atoms with Gasteiger partial charge in [-0.25, -0.2) is 4.79 Å². The van der Waals surface area contributed by atoms with E-state index in [4.69, 9.17) is 4.74 Å². The number of ether oxygens (including phenoxy) is 1. The predicted molar refractivity (Wildman–Crippen MR) is 120 cm³/mol. The average molecular weight is 390 g/mol. The number of esters is 1. The minimum atomic E-state index is -0.224. The predicted octanol–water partition coefficient (Wildman–Crippen LogP) is 5.61. The molecule has 0 bridgehead atoms. The molecule has 0 aliphatic carbocycles. The fourth-order valence-corrected chi connectivity index (χ4v) is 4.78. The van der Waals surface area contributed by atoms with Crippen molar-refractivity contribution in [2.75, 3.05) is 19.7 Å². The zero-order chi connectivity index (χ0) is 20.1. The number of nitrogens with zero attached hydrogens (tertiary/aromatic N) is 1. The zero-order valence-corrected chi connectivity index (χ0v) is 17.3. The number of hydrogen-bond donors (Lipinski definition) is 0. The van der Waals surface area contributed by atoms with Crippen LogP contribution in [0.1, 0.15) is 44.6 Å². The van der Waals surface area contributed by atoms with Crippen LogP contribution in [0, 0.1) is 5.92 Å². The molecule has 0 spiro atoms. The van der Waals surface area contributed by atoms with Crippen molar-refractivity contribution in [3.8, 4) is 0 Å². The van der Waals surface area contributed by atoms with Crippen LogP contribution in [0.5, 0.6) is 0 Å². The summed E-state index contributed by atoms with van der Waals surface area (Å²) in [5.74, 6) is 0.272. The number of benzene rings is 2. The van der Waals surface area contributed by atoms with Crippen LogP contribution < -0.4 is 0 Å². The lowest BCUT2D eigenvalue weighted by Gasteiger charge is -2.44. The van der Waals surface area contributed by atoms with Crippen LogP contribution in [0.2, 0.25) is 0 Å². The maximum absolute atomic E-state index is 12.3. The highest BCUT2D eigenvalue weighted by Gasteiger charge is 2.33. The molecular formula is C26H31NO2. The van der Waals surface area contributed by atoms with Gasteiger partial charge in [-0.15, -0.1) is 0 Å². The molecule has 29 heavy (non-hydrogen) atoms. The maximum Gasteiger partial charge on any atom is 0.331 e. The summed E-state index contributed by atoms with van der Waals surface area (Å²) in [5.41, 5.74) is 2.04. The Bertz CT molecular complexity index is 912. The van der Waals surface area contributed by atoms with Gasteiger partial charge in [0, 0.05) is 18.0 Å². The van der Waals surface area contributed by atoms with Gasteiger partial charge in [-0.05, 0) is 73.7 Å². The van der Waals surface area contributed by atoms with E-state index in [0.717, 1.165) is 11.1 Å². The van der Waals surface area contributed by atoms with Gasteiger partial charge in [0.2, 0.25) is 0 Å². The summed E-state index contributed by atoms with van der Waals surface area (Å²) >= 11 is 0. The minimum absolute atomic E-state index is 0.224. The van der Waals surface area contributed by atoms with Crippen molar-refractivity contribution in [2.45, 2.75) is 45.1 Å². The summed E-state index contributed by atoms with van der Waals surface area (Å²) in [7, 11) is 0. The summed E-state index contributed by atoms with van der Waals surface area (Å²) in [6.07, 6.45) is 11.9. The van der Waals surface area contributed by atoms with Crippen molar-refractivity contribution in [3.63, 3.8) is 0 Å². The Hall–Kier alpha value is -2.39. The summed E-state index contributed by atoms with van der Waals surface area (Å²) in [4.78, 5) is 14.9. The highest BCUT2D eigenvalue weighted by Crippen LogP contribution is 2.31. The van der Waals surface area contributed by atoms with Gasteiger partial charge >= 0.3 is 5.97 Å². The number of hydrogen-bond acceptors (Lipinski definition) is 3. The molecule has 0 saturated carbocycles. The third-order valence-corrected chi connectivity index (χ3v) is 6.33. The van der Waals surface area contributed by atoms with Gasteiger partial charge < -0.3 is 4.74 Å². The van der Waals surface area contributed by atoms with Crippen LogP contribution in [0.3, 0.4) is 0 Å². The van der Waals surface area contributed by atoms with Gasteiger partial charge in [0.25, 0.3) is 0 Å². The fraction of sp³-hybridized carbons (Fsp3) is 0.423. The Balaban J connectivity index is 1.32. The molecule has 0 radical (unpaired) electrons. The Labute approximate surface area is 174 Å². The number of fused-ring (bicyclic) bond motifs is 2. The molecular weight excluding hydrogens is 358 g/mol. The zero-order valence-electron chi connectivity index (χ0n) is 17.3. The smallest absolute Gasteiger partial charge is 0.331 e. The first-order valence-corrected chi connectivity index (χ1v) is 10.9. The van der Waals surface area contributed by atoms with E-state index < -0.39 is 0 Å². The molecule has 2 aromatic rings. The molecule has 0 unspecified atom stereocenters. The summed E-state index contributed by atoms with van der Waals surface area (Å²) in [6, 6.07) is 15.3. The lowest BCUT2D eigenvalue weighted by Crippen LogP contribution is -2.49. The topological polar surface area (TPSA) is 29.5 Å². The van der Waals surface area contributed by atoms with Gasteiger partial charge in [-0.3, -0.25) is 4.90 Å². The molecule has 2 fully saturated rings. The van der Waals surface area contributed by atoms with E-state index in [1.807, 2.05) is 19.1 Å². The van der Waals surface area contributed by atoms with Gasteiger partial charge in [0.1, 0.15) is 0 Å². The van der Waals surface area contributed by atoms with E-state index in [0.29, 0.717) is 18.6 Å². The molecule has 4 rings (SSSR count). The van der Waals surface area contributed by atoms with Crippen molar-refractivity contribution >= 4 is 22.8 Å². The van der Waals surface area contributed by atoms with Crippen molar-refractivity contribution in [2.24, 2.45) is 5.92 Å². The van der Waals surface area contributed by atoms with Crippen LogP contribution in [0.4, 0.5) is 0 Å². The molecule has 0 amide bonds. The largest absolute Gasteiger partial charge is 0.462 e. The average Bonchev–Trinajstić information content (AvgIpc) is 2.76. The Morgan fingerprint density at radius 1 is 1.07 bits per heavy atom. The van der Waals surface area contributed by atoms with Crippen LogP contribution in [-0.2, 0) is 9.53 Å². The first-order valence-electron chi connectivity index (χ1n) is 10.9. The first kappa shape index (κ1) is 19.9. The molecule has 3 heteroatoms. The number of allylic oxidation sites excluding steroid dienone is 2. The molecule has 2 saturated heterocycles. The van der Waals surface area contributed by atoms with Crippen molar-refractivity contribution in [1.29, 1.82) is 0 Å².